The molecule has 1 atom stereocenters. The molecule has 0 saturated carbocycles. The zero-order valence-electron chi connectivity index (χ0n) is 13.0. The van der Waals surface area contributed by atoms with Gasteiger partial charge < -0.3 is 10.2 Å². The van der Waals surface area contributed by atoms with Crippen LogP contribution >= 0.6 is 0 Å². The number of nitrogens with two attached hydrogens (primary N) is 1. The van der Waals surface area contributed by atoms with E-state index in [0.717, 1.165) is 18.2 Å². The number of benzene rings is 1. The first kappa shape index (κ1) is 17.3. The summed E-state index contributed by atoms with van der Waals surface area (Å²) in [6.07, 6.45) is 0.479. The SMILES string of the molecule is CC(C)(C)[Si](C)(C)OCCC(N)c1cc(F)ccc1F. The molecule has 0 radical (unpaired) electrons. The normalized spacial score (nSPS) is 14.4. The molecule has 2 nitrogen and oxygen atoms in total. The molecule has 0 heterocycles. The van der Waals surface area contributed by atoms with Crippen molar-refractivity contribution in [2.45, 2.75) is 51.4 Å². The third-order valence-electron chi connectivity index (χ3n) is 4.06. The zero-order valence-corrected chi connectivity index (χ0v) is 14.0. The highest BCUT2D eigenvalue weighted by Gasteiger charge is 2.37. The van der Waals surface area contributed by atoms with Crippen LogP contribution in [0.2, 0.25) is 18.1 Å². The first-order valence-electron chi connectivity index (χ1n) is 6.89. The van der Waals surface area contributed by atoms with Crippen molar-refractivity contribution in [3.63, 3.8) is 0 Å². The molecule has 1 aromatic carbocycles. The maximum Gasteiger partial charge on any atom is 0.191 e. The molecule has 0 aliphatic heterocycles. The maximum atomic E-state index is 13.6. The fourth-order valence-corrected chi connectivity index (χ4v) is 2.67. The first-order valence-corrected chi connectivity index (χ1v) is 9.80. The molecule has 20 heavy (non-hydrogen) atoms. The zero-order chi connectivity index (χ0) is 15.6. The Labute approximate surface area is 121 Å². The standard InChI is InChI=1S/C15H25F2NOSi/c1-15(2,3)20(4,5)19-9-8-14(18)12-10-11(16)6-7-13(12)17/h6-7,10,14H,8-9,18H2,1-5H3. The molecule has 114 valence electrons. The van der Waals surface area contributed by atoms with Crippen molar-refractivity contribution in [2.75, 3.05) is 6.61 Å². The lowest BCUT2D eigenvalue weighted by Gasteiger charge is -2.36. The largest absolute Gasteiger partial charge is 0.417 e. The second-order valence-corrected chi connectivity index (χ2v) is 11.5. The smallest absolute Gasteiger partial charge is 0.191 e. The lowest BCUT2D eigenvalue weighted by atomic mass is 10.0. The van der Waals surface area contributed by atoms with Gasteiger partial charge in [0.1, 0.15) is 11.6 Å². The van der Waals surface area contributed by atoms with E-state index in [1.165, 1.54) is 0 Å². The van der Waals surface area contributed by atoms with Gasteiger partial charge in [-0.2, -0.15) is 0 Å². The van der Waals surface area contributed by atoms with E-state index in [1.807, 2.05) is 0 Å². The minimum absolute atomic E-state index is 0.126. The van der Waals surface area contributed by atoms with Crippen molar-refractivity contribution >= 4 is 8.32 Å². The molecule has 1 aromatic rings. The molecule has 0 bridgehead atoms. The topological polar surface area (TPSA) is 35.2 Å². The maximum absolute atomic E-state index is 13.6. The molecule has 1 unspecified atom stereocenters. The molecule has 2 N–H and O–H groups in total. The molecule has 0 aliphatic rings. The minimum atomic E-state index is -1.82. The second-order valence-electron chi connectivity index (χ2n) is 6.67. The highest BCUT2D eigenvalue weighted by atomic mass is 28.4. The molecule has 0 fully saturated rings. The van der Waals surface area contributed by atoms with Gasteiger partial charge in [0.2, 0.25) is 0 Å². The van der Waals surface area contributed by atoms with Crippen LogP contribution in [0.3, 0.4) is 0 Å². The third-order valence-corrected chi connectivity index (χ3v) is 8.59. The Hall–Kier alpha value is -0.783. The van der Waals surface area contributed by atoms with E-state index < -0.39 is 26.0 Å². The summed E-state index contributed by atoms with van der Waals surface area (Å²) in [6, 6.07) is 2.82. The summed E-state index contributed by atoms with van der Waals surface area (Å²) < 4.78 is 32.7. The highest BCUT2D eigenvalue weighted by Crippen LogP contribution is 2.36. The summed E-state index contributed by atoms with van der Waals surface area (Å²) >= 11 is 0. The van der Waals surface area contributed by atoms with Crippen LogP contribution in [-0.4, -0.2) is 14.9 Å². The average Bonchev–Trinajstić information content (AvgIpc) is 2.30. The molecule has 0 aromatic heterocycles. The molecule has 0 amide bonds. The Balaban J connectivity index is 2.60. The molecular formula is C15H25F2NOSi. The summed E-state index contributed by atoms with van der Waals surface area (Å²) in [5.41, 5.74) is 6.14. The van der Waals surface area contributed by atoms with E-state index in [2.05, 4.69) is 33.9 Å². The van der Waals surface area contributed by atoms with Crippen molar-refractivity contribution < 1.29 is 13.2 Å². The van der Waals surface area contributed by atoms with Crippen molar-refractivity contribution in [3.05, 3.63) is 35.4 Å². The fourth-order valence-electron chi connectivity index (χ4n) is 1.61. The Bertz CT molecular complexity index is 458. The molecule has 0 saturated heterocycles. The van der Waals surface area contributed by atoms with Crippen LogP contribution in [0.15, 0.2) is 18.2 Å². The molecular weight excluding hydrogens is 276 g/mol. The third kappa shape index (κ3) is 4.36. The minimum Gasteiger partial charge on any atom is -0.417 e. The van der Waals surface area contributed by atoms with Gasteiger partial charge in [-0.3, -0.25) is 0 Å². The van der Waals surface area contributed by atoms with Crippen LogP contribution in [-0.2, 0) is 4.43 Å². The molecule has 5 heteroatoms. The van der Waals surface area contributed by atoms with Gasteiger partial charge in [0.25, 0.3) is 0 Å². The quantitative estimate of drug-likeness (QED) is 0.819. The first-order chi connectivity index (χ1) is 9.04. The summed E-state index contributed by atoms with van der Waals surface area (Å²) in [7, 11) is -1.82. The van der Waals surface area contributed by atoms with Crippen LogP contribution in [0, 0.1) is 11.6 Å². The van der Waals surface area contributed by atoms with Gasteiger partial charge in [-0.25, -0.2) is 8.78 Å². The van der Waals surface area contributed by atoms with E-state index in [9.17, 15) is 8.78 Å². The highest BCUT2D eigenvalue weighted by molar-refractivity contribution is 6.74. The lowest BCUT2D eigenvalue weighted by Crippen LogP contribution is -2.41. The van der Waals surface area contributed by atoms with Crippen molar-refractivity contribution in [1.29, 1.82) is 0 Å². The van der Waals surface area contributed by atoms with E-state index >= 15 is 0 Å². The average molecular weight is 301 g/mol. The molecule has 0 aliphatic carbocycles. The van der Waals surface area contributed by atoms with Gasteiger partial charge in [0.15, 0.2) is 8.32 Å². The van der Waals surface area contributed by atoms with Crippen molar-refractivity contribution in [3.8, 4) is 0 Å². The van der Waals surface area contributed by atoms with Crippen LogP contribution < -0.4 is 5.73 Å². The van der Waals surface area contributed by atoms with E-state index in [-0.39, 0.29) is 10.6 Å². The van der Waals surface area contributed by atoms with E-state index in [4.69, 9.17) is 10.2 Å². The number of hydrogen-bond acceptors (Lipinski definition) is 2. The lowest BCUT2D eigenvalue weighted by molar-refractivity contribution is 0.271. The Morgan fingerprint density at radius 1 is 1.25 bits per heavy atom. The fraction of sp³-hybridized carbons (Fsp3) is 0.600. The van der Waals surface area contributed by atoms with E-state index in [0.29, 0.717) is 13.0 Å². The van der Waals surface area contributed by atoms with Crippen molar-refractivity contribution in [1.82, 2.24) is 0 Å². The van der Waals surface area contributed by atoms with Crippen LogP contribution in [0.1, 0.15) is 38.8 Å². The van der Waals surface area contributed by atoms with Crippen LogP contribution in [0.4, 0.5) is 8.78 Å². The van der Waals surface area contributed by atoms with Crippen LogP contribution in [0.5, 0.6) is 0 Å². The van der Waals surface area contributed by atoms with Gasteiger partial charge in [-0.15, -0.1) is 0 Å². The summed E-state index contributed by atoms with van der Waals surface area (Å²) in [6.45, 7) is 11.2. The Morgan fingerprint density at radius 2 is 1.85 bits per heavy atom. The van der Waals surface area contributed by atoms with Crippen molar-refractivity contribution in [2.24, 2.45) is 5.73 Å². The monoisotopic (exact) mass is 301 g/mol. The summed E-state index contributed by atoms with van der Waals surface area (Å²) in [5.74, 6) is -0.937. The van der Waals surface area contributed by atoms with Gasteiger partial charge in [-0.1, -0.05) is 20.8 Å². The van der Waals surface area contributed by atoms with E-state index in [1.54, 1.807) is 0 Å². The Morgan fingerprint density at radius 3 is 2.40 bits per heavy atom. The number of hydrogen-bond donors (Lipinski definition) is 1. The molecule has 1 rings (SSSR count). The van der Waals surface area contributed by atoms with Gasteiger partial charge in [-0.05, 0) is 42.8 Å². The van der Waals surface area contributed by atoms with Gasteiger partial charge in [0.05, 0.1) is 0 Å². The molecule has 0 spiro atoms. The number of halogens is 2. The second kappa shape index (κ2) is 6.33. The predicted octanol–water partition coefficient (Wildman–Crippen LogP) is 4.38. The Kier molecular flexibility index (Phi) is 5.46. The van der Waals surface area contributed by atoms with Gasteiger partial charge >= 0.3 is 0 Å². The van der Waals surface area contributed by atoms with Crippen LogP contribution in [0.25, 0.3) is 0 Å². The summed E-state index contributed by atoms with van der Waals surface area (Å²) in [5, 5.41) is 0.126. The summed E-state index contributed by atoms with van der Waals surface area (Å²) in [4.78, 5) is 0. The van der Waals surface area contributed by atoms with Gasteiger partial charge in [0, 0.05) is 18.2 Å². The predicted molar refractivity (Wildman–Crippen MR) is 81.1 cm³/mol. The number of rotatable bonds is 5.